The predicted molar refractivity (Wildman–Crippen MR) is 89.6 cm³/mol. The van der Waals surface area contributed by atoms with Gasteiger partial charge < -0.3 is 14.6 Å². The molecule has 0 spiro atoms. The van der Waals surface area contributed by atoms with Crippen molar-refractivity contribution >= 4 is 0 Å². The summed E-state index contributed by atoms with van der Waals surface area (Å²) in [5.74, 6) is -0.900. The summed E-state index contributed by atoms with van der Waals surface area (Å²) in [5.41, 5.74) is 0. The Bertz CT molecular complexity index is 297. The van der Waals surface area contributed by atoms with Crippen molar-refractivity contribution < 1.29 is 14.6 Å². The molecule has 22 heavy (non-hydrogen) atoms. The predicted octanol–water partition coefficient (Wildman–Crippen LogP) is 5.30. The van der Waals surface area contributed by atoms with Crippen LogP contribution in [0, 0.1) is 0 Å². The zero-order valence-electron chi connectivity index (χ0n) is 14.6. The number of ether oxygens (including phenoxy) is 2. The third-order valence-electron chi connectivity index (χ3n) is 5.22. The second-order valence-electron chi connectivity index (χ2n) is 7.21. The lowest BCUT2D eigenvalue weighted by atomic mass is 10.0. The van der Waals surface area contributed by atoms with Crippen molar-refractivity contribution in [3.63, 3.8) is 0 Å². The van der Waals surface area contributed by atoms with Gasteiger partial charge in [-0.3, -0.25) is 0 Å². The number of hydrogen-bond acceptors (Lipinski definition) is 3. The van der Waals surface area contributed by atoms with Crippen LogP contribution in [0.15, 0.2) is 0 Å². The van der Waals surface area contributed by atoms with Crippen LogP contribution in [0.1, 0.15) is 103 Å². The number of aliphatic hydroxyl groups is 1. The summed E-state index contributed by atoms with van der Waals surface area (Å²) in [4.78, 5) is 0. The number of rotatable bonds is 16. The normalized spacial score (nSPS) is 28.6. The van der Waals surface area contributed by atoms with Crippen molar-refractivity contribution in [2.75, 3.05) is 6.61 Å². The van der Waals surface area contributed by atoms with Crippen molar-refractivity contribution in [2.24, 2.45) is 0 Å². The van der Waals surface area contributed by atoms with Crippen LogP contribution in [-0.2, 0) is 9.47 Å². The molecule has 0 unspecified atom stereocenters. The van der Waals surface area contributed by atoms with Crippen LogP contribution in [0.5, 0.6) is 0 Å². The minimum Gasteiger partial charge on any atom is -0.391 e. The van der Waals surface area contributed by atoms with Crippen LogP contribution in [0.4, 0.5) is 0 Å². The van der Waals surface area contributed by atoms with Crippen molar-refractivity contribution in [1.82, 2.24) is 0 Å². The third kappa shape index (κ3) is 5.21. The van der Waals surface area contributed by atoms with Gasteiger partial charge in [0.2, 0.25) is 5.79 Å². The van der Waals surface area contributed by atoms with Gasteiger partial charge in [0, 0.05) is 6.42 Å². The summed E-state index contributed by atoms with van der Waals surface area (Å²) in [5, 5.41) is 9.04. The first-order valence-electron chi connectivity index (χ1n) is 9.80. The number of fused-ring (bicyclic) bond motifs is 1. The Morgan fingerprint density at radius 1 is 0.591 bits per heavy atom. The van der Waals surface area contributed by atoms with Gasteiger partial charge in [-0.25, -0.2) is 0 Å². The maximum atomic E-state index is 9.04. The molecule has 0 bridgehead atoms. The highest BCUT2D eigenvalue weighted by atomic mass is 17.1. The van der Waals surface area contributed by atoms with E-state index in [1.165, 1.54) is 89.9 Å². The number of hydrogen-bond donors (Lipinski definition) is 1. The summed E-state index contributed by atoms with van der Waals surface area (Å²) >= 11 is 0. The highest BCUT2D eigenvalue weighted by molar-refractivity contribution is 5.17. The van der Waals surface area contributed by atoms with Crippen molar-refractivity contribution in [3.05, 3.63) is 0 Å². The quantitative estimate of drug-likeness (QED) is 0.310. The lowest BCUT2D eigenvalue weighted by Crippen LogP contribution is -2.03. The molecule has 0 radical (unpaired) electrons. The molecule has 2 aliphatic rings. The fraction of sp³-hybridized carbons (Fsp3) is 1.00. The molecular weight excluding hydrogens is 276 g/mol. The van der Waals surface area contributed by atoms with Crippen molar-refractivity contribution in [1.29, 1.82) is 0 Å². The largest absolute Gasteiger partial charge is 0.391 e. The maximum Gasteiger partial charge on any atom is 0.253 e. The monoisotopic (exact) mass is 312 g/mol. The third-order valence-corrected chi connectivity index (χ3v) is 5.22. The summed E-state index contributed by atoms with van der Waals surface area (Å²) in [7, 11) is 0. The molecule has 0 amide bonds. The van der Waals surface area contributed by atoms with E-state index in [1.54, 1.807) is 0 Å². The summed E-state index contributed by atoms with van der Waals surface area (Å²) in [6.45, 7) is 2.30. The van der Waals surface area contributed by atoms with E-state index in [-0.39, 0.29) is 12.4 Å². The van der Waals surface area contributed by atoms with Crippen LogP contribution in [0.3, 0.4) is 0 Å². The standard InChI is InChI=1S/C19H36O3/c1-2-3-4-5-6-7-8-9-10-11-12-13-14-15-16-18-19(17-20,21-18)22-18/h20H,2-17H2,1H3. The molecule has 1 N–H and O–H groups in total. The minimum absolute atomic E-state index is 0.0194. The van der Waals surface area contributed by atoms with Crippen LogP contribution in [0.25, 0.3) is 0 Å². The van der Waals surface area contributed by atoms with Gasteiger partial charge in [-0.2, -0.15) is 0 Å². The first-order valence-corrected chi connectivity index (χ1v) is 9.80. The number of unbranched alkanes of at least 4 members (excludes halogenated alkanes) is 13. The number of aliphatic hydroxyl groups excluding tert-OH is 1. The summed E-state index contributed by atoms with van der Waals surface area (Å²) < 4.78 is 10.7. The van der Waals surface area contributed by atoms with E-state index < -0.39 is 5.79 Å². The van der Waals surface area contributed by atoms with E-state index in [1.807, 2.05) is 0 Å². The van der Waals surface area contributed by atoms with Crippen LogP contribution < -0.4 is 0 Å². The molecule has 3 heteroatoms. The zero-order valence-corrected chi connectivity index (χ0v) is 14.6. The van der Waals surface area contributed by atoms with E-state index >= 15 is 0 Å². The average molecular weight is 312 g/mol. The molecule has 0 aromatic rings. The Morgan fingerprint density at radius 2 is 1.00 bits per heavy atom. The molecule has 0 aromatic carbocycles. The van der Waals surface area contributed by atoms with Crippen LogP contribution in [0.2, 0.25) is 0 Å². The van der Waals surface area contributed by atoms with Crippen molar-refractivity contribution in [3.8, 4) is 0 Å². The van der Waals surface area contributed by atoms with Crippen LogP contribution >= 0.6 is 0 Å². The SMILES string of the molecule is CCCCCCCCCCCCCCCCC12OC1(CO)O2. The first-order chi connectivity index (χ1) is 10.8. The van der Waals surface area contributed by atoms with Gasteiger partial charge in [-0.1, -0.05) is 90.4 Å². The Morgan fingerprint density at radius 3 is 1.36 bits per heavy atom. The molecule has 2 aliphatic heterocycles. The maximum absolute atomic E-state index is 9.04. The second kappa shape index (κ2) is 9.24. The van der Waals surface area contributed by atoms with Gasteiger partial charge in [0.25, 0.3) is 5.79 Å². The van der Waals surface area contributed by atoms with Crippen molar-refractivity contribution in [2.45, 2.75) is 115 Å². The van der Waals surface area contributed by atoms with E-state index in [0.29, 0.717) is 0 Å². The molecule has 2 heterocycles. The second-order valence-corrected chi connectivity index (χ2v) is 7.21. The Hall–Kier alpha value is -0.120. The molecule has 2 saturated heterocycles. The molecule has 0 aliphatic carbocycles. The van der Waals surface area contributed by atoms with Gasteiger partial charge in [-0.05, 0) is 6.42 Å². The Kier molecular flexibility index (Phi) is 7.66. The van der Waals surface area contributed by atoms with Crippen LogP contribution in [-0.4, -0.2) is 23.3 Å². The Labute approximate surface area is 136 Å². The van der Waals surface area contributed by atoms with E-state index in [2.05, 4.69) is 6.92 Å². The van der Waals surface area contributed by atoms with Gasteiger partial charge in [0.1, 0.15) is 6.61 Å². The van der Waals surface area contributed by atoms with E-state index in [0.717, 1.165) is 6.42 Å². The Balaban J connectivity index is 1.24. The molecule has 0 saturated carbocycles. The van der Waals surface area contributed by atoms with Gasteiger partial charge in [-0.15, -0.1) is 0 Å². The van der Waals surface area contributed by atoms with Gasteiger partial charge >= 0.3 is 0 Å². The fourth-order valence-corrected chi connectivity index (χ4v) is 3.52. The molecule has 2 rings (SSSR count). The minimum atomic E-state index is -0.552. The van der Waals surface area contributed by atoms with Gasteiger partial charge in [0.05, 0.1) is 0 Å². The molecule has 0 atom stereocenters. The topological polar surface area (TPSA) is 45.3 Å². The first kappa shape index (κ1) is 18.2. The lowest BCUT2D eigenvalue weighted by Gasteiger charge is -2.03. The lowest BCUT2D eigenvalue weighted by molar-refractivity contribution is -0.114. The highest BCUT2D eigenvalue weighted by Gasteiger charge is 2.90. The molecule has 130 valence electrons. The average Bonchev–Trinajstić information content (AvgIpc) is 3.34. The molecule has 2 fully saturated rings. The fourth-order valence-electron chi connectivity index (χ4n) is 3.52. The van der Waals surface area contributed by atoms with Gasteiger partial charge in [0.15, 0.2) is 0 Å². The molecular formula is C19H36O3. The van der Waals surface area contributed by atoms with E-state index in [9.17, 15) is 0 Å². The molecule has 0 aromatic heterocycles. The molecule has 3 nitrogen and oxygen atoms in total. The van der Waals surface area contributed by atoms with E-state index in [4.69, 9.17) is 14.6 Å². The zero-order chi connectivity index (χ0) is 15.7. The summed E-state index contributed by atoms with van der Waals surface area (Å²) in [6, 6.07) is 0. The number of epoxide rings is 2. The summed E-state index contributed by atoms with van der Waals surface area (Å²) in [6.07, 6.45) is 20.3. The smallest absolute Gasteiger partial charge is 0.253 e. The highest BCUT2D eigenvalue weighted by Crippen LogP contribution is 2.69.